The van der Waals surface area contributed by atoms with Gasteiger partial charge >= 0.3 is 0 Å². The normalized spacial score (nSPS) is 12.4. The number of phenols is 1. The van der Waals surface area contributed by atoms with Crippen molar-refractivity contribution >= 4 is 0 Å². The van der Waals surface area contributed by atoms with Crippen LogP contribution in [-0.4, -0.2) is 17.4 Å². The molecule has 1 heterocycles. The van der Waals surface area contributed by atoms with E-state index >= 15 is 0 Å². The minimum absolute atomic E-state index is 0.0897. The van der Waals surface area contributed by atoms with Crippen LogP contribution in [0.4, 0.5) is 0 Å². The molecule has 2 N–H and O–H groups in total. The molecule has 1 aromatic carbocycles. The lowest BCUT2D eigenvalue weighted by Crippen LogP contribution is -2.19. The van der Waals surface area contributed by atoms with Gasteiger partial charge in [-0.1, -0.05) is 5.16 Å². The van der Waals surface area contributed by atoms with Crippen molar-refractivity contribution in [2.45, 2.75) is 33.4 Å². The lowest BCUT2D eigenvalue weighted by Gasteiger charge is -2.15. The summed E-state index contributed by atoms with van der Waals surface area (Å²) in [4.78, 5) is 0. The van der Waals surface area contributed by atoms with Crippen LogP contribution in [0.15, 0.2) is 22.7 Å². The molecule has 0 saturated carbocycles. The van der Waals surface area contributed by atoms with Crippen LogP contribution >= 0.6 is 0 Å². The minimum Gasteiger partial charge on any atom is -0.508 e. The lowest BCUT2D eigenvalue weighted by atomic mass is 10.1. The average Bonchev–Trinajstić information content (AvgIpc) is 2.77. The van der Waals surface area contributed by atoms with Crippen molar-refractivity contribution in [2.75, 3.05) is 7.11 Å². The first kappa shape index (κ1) is 14.4. The van der Waals surface area contributed by atoms with Gasteiger partial charge in [0.2, 0.25) is 0 Å². The van der Waals surface area contributed by atoms with E-state index in [0.717, 1.165) is 28.3 Å². The molecule has 0 amide bonds. The highest BCUT2D eigenvalue weighted by Crippen LogP contribution is 2.25. The summed E-state index contributed by atoms with van der Waals surface area (Å²) in [5.74, 6) is 1.80. The first-order valence-electron chi connectivity index (χ1n) is 6.55. The molecule has 1 unspecified atom stereocenters. The van der Waals surface area contributed by atoms with Crippen LogP contribution in [0.1, 0.15) is 35.5 Å². The fourth-order valence-electron chi connectivity index (χ4n) is 2.30. The molecule has 1 atom stereocenters. The molecule has 2 aromatic rings. The smallest absolute Gasteiger partial charge is 0.138 e. The molecule has 0 bridgehead atoms. The largest absolute Gasteiger partial charge is 0.508 e. The quantitative estimate of drug-likeness (QED) is 0.879. The number of nitrogens with one attached hydrogen (secondary N) is 1. The summed E-state index contributed by atoms with van der Waals surface area (Å²) in [5, 5.41) is 17.2. The summed E-state index contributed by atoms with van der Waals surface area (Å²) in [5.41, 5.74) is 2.74. The maximum absolute atomic E-state index is 9.86. The van der Waals surface area contributed by atoms with Crippen molar-refractivity contribution < 1.29 is 14.4 Å². The van der Waals surface area contributed by atoms with Gasteiger partial charge in [-0.05, 0) is 39.0 Å². The number of benzene rings is 1. The Morgan fingerprint density at radius 2 is 2.15 bits per heavy atom. The van der Waals surface area contributed by atoms with Gasteiger partial charge in [-0.2, -0.15) is 0 Å². The topological polar surface area (TPSA) is 67.5 Å². The molecule has 0 radical (unpaired) electrons. The van der Waals surface area contributed by atoms with Gasteiger partial charge in [-0.3, -0.25) is 0 Å². The van der Waals surface area contributed by atoms with E-state index in [-0.39, 0.29) is 11.8 Å². The molecule has 0 fully saturated rings. The third kappa shape index (κ3) is 2.93. The van der Waals surface area contributed by atoms with E-state index < -0.39 is 0 Å². The lowest BCUT2D eigenvalue weighted by molar-refractivity contribution is 0.390. The summed E-state index contributed by atoms with van der Waals surface area (Å²) in [7, 11) is 1.61. The number of rotatable bonds is 5. The Bertz CT molecular complexity index is 573. The number of methoxy groups -OCH3 is 1. The van der Waals surface area contributed by atoms with E-state index in [0.29, 0.717) is 6.54 Å². The Kier molecular flexibility index (Phi) is 4.29. The van der Waals surface area contributed by atoms with E-state index in [1.807, 2.05) is 26.8 Å². The molecule has 108 valence electrons. The van der Waals surface area contributed by atoms with Gasteiger partial charge in [0.25, 0.3) is 0 Å². The van der Waals surface area contributed by atoms with Crippen LogP contribution in [0, 0.1) is 13.8 Å². The van der Waals surface area contributed by atoms with Gasteiger partial charge in [0.1, 0.15) is 17.3 Å². The zero-order valence-electron chi connectivity index (χ0n) is 12.2. The van der Waals surface area contributed by atoms with Crippen LogP contribution < -0.4 is 10.1 Å². The van der Waals surface area contributed by atoms with Crippen molar-refractivity contribution in [1.29, 1.82) is 0 Å². The Morgan fingerprint density at radius 3 is 2.75 bits per heavy atom. The molecule has 0 aliphatic rings. The summed E-state index contributed by atoms with van der Waals surface area (Å²) >= 11 is 0. The van der Waals surface area contributed by atoms with Crippen LogP contribution in [-0.2, 0) is 6.54 Å². The molecule has 0 aliphatic carbocycles. The molecule has 0 saturated heterocycles. The Labute approximate surface area is 118 Å². The molecular weight excluding hydrogens is 256 g/mol. The van der Waals surface area contributed by atoms with Crippen molar-refractivity contribution in [1.82, 2.24) is 10.5 Å². The molecule has 0 spiro atoms. The zero-order chi connectivity index (χ0) is 14.7. The number of aromatic hydroxyl groups is 1. The standard InChI is InChI=1S/C15H20N2O3/c1-9(15-10(2)17-20-11(15)3)16-8-12-7-13(19-4)5-6-14(12)18/h5-7,9,16,18H,8H2,1-4H3. The van der Waals surface area contributed by atoms with Crippen molar-refractivity contribution in [3.05, 3.63) is 40.8 Å². The van der Waals surface area contributed by atoms with Crippen molar-refractivity contribution in [3.63, 3.8) is 0 Å². The van der Waals surface area contributed by atoms with Crippen LogP contribution in [0.25, 0.3) is 0 Å². The highest BCUT2D eigenvalue weighted by Gasteiger charge is 2.16. The van der Waals surface area contributed by atoms with Gasteiger partial charge in [0, 0.05) is 23.7 Å². The third-order valence-corrected chi connectivity index (χ3v) is 3.41. The number of aromatic nitrogens is 1. The number of phenolic OH excluding ortho intramolecular Hbond substituents is 1. The predicted molar refractivity (Wildman–Crippen MR) is 75.9 cm³/mol. The van der Waals surface area contributed by atoms with Crippen molar-refractivity contribution in [2.24, 2.45) is 0 Å². The fraction of sp³-hybridized carbons (Fsp3) is 0.400. The molecule has 0 aliphatic heterocycles. The molecule has 20 heavy (non-hydrogen) atoms. The molecule has 2 rings (SSSR count). The molecule has 5 nitrogen and oxygen atoms in total. The van der Waals surface area contributed by atoms with Crippen LogP contribution in [0.2, 0.25) is 0 Å². The number of nitrogens with zero attached hydrogens (tertiary/aromatic N) is 1. The molecule has 1 aromatic heterocycles. The third-order valence-electron chi connectivity index (χ3n) is 3.41. The summed E-state index contributed by atoms with van der Waals surface area (Å²) < 4.78 is 10.3. The highest BCUT2D eigenvalue weighted by molar-refractivity contribution is 5.39. The van der Waals surface area contributed by atoms with E-state index in [1.165, 1.54) is 0 Å². The number of aryl methyl sites for hydroxylation is 2. The maximum Gasteiger partial charge on any atom is 0.138 e. The number of hydrogen-bond donors (Lipinski definition) is 2. The van der Waals surface area contributed by atoms with E-state index in [2.05, 4.69) is 10.5 Å². The minimum atomic E-state index is 0.0897. The Morgan fingerprint density at radius 1 is 1.40 bits per heavy atom. The first-order valence-corrected chi connectivity index (χ1v) is 6.55. The average molecular weight is 276 g/mol. The van der Waals surface area contributed by atoms with Gasteiger partial charge in [0.05, 0.1) is 12.8 Å². The van der Waals surface area contributed by atoms with E-state index in [1.54, 1.807) is 19.2 Å². The van der Waals surface area contributed by atoms with Gasteiger partial charge in [0.15, 0.2) is 0 Å². The number of hydrogen-bond acceptors (Lipinski definition) is 5. The highest BCUT2D eigenvalue weighted by atomic mass is 16.5. The Balaban J connectivity index is 2.09. The van der Waals surface area contributed by atoms with Gasteiger partial charge in [-0.25, -0.2) is 0 Å². The second kappa shape index (κ2) is 5.96. The summed E-state index contributed by atoms with van der Waals surface area (Å²) in [6, 6.07) is 5.28. The van der Waals surface area contributed by atoms with Crippen LogP contribution in [0.3, 0.4) is 0 Å². The Hall–Kier alpha value is -2.01. The zero-order valence-corrected chi connectivity index (χ0v) is 12.2. The second-order valence-electron chi connectivity index (χ2n) is 4.84. The SMILES string of the molecule is COc1ccc(O)c(CNC(C)c2c(C)noc2C)c1. The van der Waals surface area contributed by atoms with Gasteiger partial charge in [-0.15, -0.1) is 0 Å². The molecule has 5 heteroatoms. The fourth-order valence-corrected chi connectivity index (χ4v) is 2.30. The monoisotopic (exact) mass is 276 g/mol. The maximum atomic E-state index is 9.86. The van der Waals surface area contributed by atoms with E-state index in [4.69, 9.17) is 9.26 Å². The predicted octanol–water partition coefficient (Wildman–Crippen LogP) is 2.86. The van der Waals surface area contributed by atoms with E-state index in [9.17, 15) is 5.11 Å². The van der Waals surface area contributed by atoms with Crippen LogP contribution in [0.5, 0.6) is 11.5 Å². The summed E-state index contributed by atoms with van der Waals surface area (Å²) in [6.07, 6.45) is 0. The van der Waals surface area contributed by atoms with Crippen molar-refractivity contribution in [3.8, 4) is 11.5 Å². The summed E-state index contributed by atoms with van der Waals surface area (Å²) in [6.45, 7) is 6.40. The second-order valence-corrected chi connectivity index (χ2v) is 4.84. The first-order chi connectivity index (χ1) is 9.52. The van der Waals surface area contributed by atoms with Gasteiger partial charge < -0.3 is 19.7 Å². The number of ether oxygens (including phenoxy) is 1. The molecular formula is C15H20N2O3.